The predicted octanol–water partition coefficient (Wildman–Crippen LogP) is 4.64. The van der Waals surface area contributed by atoms with Crippen LogP contribution in [-0.4, -0.2) is 0 Å². The van der Waals surface area contributed by atoms with E-state index in [9.17, 15) is 4.39 Å². The molecule has 0 aromatic heterocycles. The zero-order valence-corrected chi connectivity index (χ0v) is 13.4. The van der Waals surface area contributed by atoms with Crippen LogP contribution in [0.2, 0.25) is 10.0 Å². The molecule has 2 nitrogen and oxygen atoms in total. The third kappa shape index (κ3) is 3.51. The quantitative estimate of drug-likeness (QED) is 0.601. The van der Waals surface area contributed by atoms with Crippen LogP contribution in [0.5, 0.6) is 0 Å². The van der Waals surface area contributed by atoms with Gasteiger partial charge in [0.2, 0.25) is 0 Å². The number of benzene rings is 2. The number of rotatable bonds is 4. The maximum absolute atomic E-state index is 13.1. The fourth-order valence-electron chi connectivity index (χ4n) is 1.97. The van der Waals surface area contributed by atoms with E-state index >= 15 is 0 Å². The molecule has 20 heavy (non-hydrogen) atoms. The van der Waals surface area contributed by atoms with E-state index in [1.807, 2.05) is 0 Å². The van der Waals surface area contributed by atoms with Crippen LogP contribution in [-0.2, 0) is 6.42 Å². The van der Waals surface area contributed by atoms with Gasteiger partial charge in [-0.15, -0.1) is 0 Å². The van der Waals surface area contributed by atoms with Crippen molar-refractivity contribution in [2.75, 3.05) is 0 Å². The minimum absolute atomic E-state index is 0.234. The maximum Gasteiger partial charge on any atom is 0.124 e. The summed E-state index contributed by atoms with van der Waals surface area (Å²) in [6, 6.07) is 9.56. The first kappa shape index (κ1) is 15.7. The van der Waals surface area contributed by atoms with Crippen LogP contribution in [0.1, 0.15) is 17.2 Å². The molecule has 0 aliphatic rings. The van der Waals surface area contributed by atoms with Gasteiger partial charge < -0.3 is 0 Å². The molecule has 1 unspecified atom stereocenters. The molecule has 2 aromatic carbocycles. The highest BCUT2D eigenvalue weighted by molar-refractivity contribution is 9.10. The number of hydrogen-bond donors (Lipinski definition) is 2. The molecule has 2 aromatic rings. The van der Waals surface area contributed by atoms with Crippen LogP contribution in [0.3, 0.4) is 0 Å². The molecule has 6 heteroatoms. The van der Waals surface area contributed by atoms with Crippen molar-refractivity contribution in [3.63, 3.8) is 0 Å². The molecule has 106 valence electrons. The van der Waals surface area contributed by atoms with E-state index in [0.717, 1.165) is 11.1 Å². The largest absolute Gasteiger partial charge is 0.271 e. The van der Waals surface area contributed by atoms with Crippen molar-refractivity contribution in [3.05, 3.63) is 67.9 Å². The normalized spacial score (nSPS) is 12.4. The number of nitrogens with one attached hydrogen (secondary N) is 1. The van der Waals surface area contributed by atoms with E-state index in [1.165, 1.54) is 12.1 Å². The van der Waals surface area contributed by atoms with Crippen LogP contribution in [0.4, 0.5) is 4.39 Å². The second-order valence-corrected chi connectivity index (χ2v) is 5.96. The highest BCUT2D eigenvalue weighted by Gasteiger charge is 2.17. The van der Waals surface area contributed by atoms with Crippen molar-refractivity contribution in [1.29, 1.82) is 0 Å². The average molecular weight is 378 g/mol. The number of nitrogens with two attached hydrogens (primary N) is 1. The lowest BCUT2D eigenvalue weighted by molar-refractivity contribution is 0.547. The summed E-state index contributed by atoms with van der Waals surface area (Å²) in [7, 11) is 0. The molecule has 0 amide bonds. The topological polar surface area (TPSA) is 38.0 Å². The van der Waals surface area contributed by atoms with E-state index in [-0.39, 0.29) is 11.9 Å². The Morgan fingerprint density at radius 1 is 1.20 bits per heavy atom. The average Bonchev–Trinajstić information content (AvgIpc) is 2.40. The molecule has 0 saturated carbocycles. The molecule has 0 radical (unpaired) electrons. The van der Waals surface area contributed by atoms with Gasteiger partial charge in [-0.25, -0.2) is 4.39 Å². The molecule has 0 heterocycles. The zero-order valence-electron chi connectivity index (χ0n) is 10.3. The van der Waals surface area contributed by atoms with Crippen molar-refractivity contribution in [2.45, 2.75) is 12.5 Å². The molecule has 0 fully saturated rings. The third-order valence-corrected chi connectivity index (χ3v) is 4.40. The fourth-order valence-corrected chi connectivity index (χ4v) is 3.15. The molecule has 0 spiro atoms. The summed E-state index contributed by atoms with van der Waals surface area (Å²) >= 11 is 15.7. The molecule has 0 bridgehead atoms. The van der Waals surface area contributed by atoms with Crippen LogP contribution < -0.4 is 11.3 Å². The van der Waals surface area contributed by atoms with Gasteiger partial charge in [0.25, 0.3) is 0 Å². The molecule has 2 rings (SSSR count). The van der Waals surface area contributed by atoms with Gasteiger partial charge >= 0.3 is 0 Å². The van der Waals surface area contributed by atoms with Gasteiger partial charge in [0, 0.05) is 14.5 Å². The van der Waals surface area contributed by atoms with Crippen LogP contribution in [0.25, 0.3) is 0 Å². The number of hydrazine groups is 1. The summed E-state index contributed by atoms with van der Waals surface area (Å²) in [4.78, 5) is 0. The summed E-state index contributed by atoms with van der Waals surface area (Å²) in [6.45, 7) is 0. The van der Waals surface area contributed by atoms with Crippen molar-refractivity contribution in [3.8, 4) is 0 Å². The van der Waals surface area contributed by atoms with Gasteiger partial charge in [0.1, 0.15) is 5.82 Å². The van der Waals surface area contributed by atoms with Gasteiger partial charge in [-0.05, 0) is 41.8 Å². The van der Waals surface area contributed by atoms with Crippen molar-refractivity contribution < 1.29 is 4.39 Å². The van der Waals surface area contributed by atoms with Gasteiger partial charge in [-0.2, -0.15) is 0 Å². The minimum Gasteiger partial charge on any atom is -0.271 e. The monoisotopic (exact) mass is 376 g/mol. The molecular weight excluding hydrogens is 366 g/mol. The van der Waals surface area contributed by atoms with Crippen molar-refractivity contribution in [1.82, 2.24) is 5.43 Å². The van der Waals surface area contributed by atoms with E-state index < -0.39 is 0 Å². The Labute approximate surface area is 135 Å². The lowest BCUT2D eigenvalue weighted by Crippen LogP contribution is -2.30. The zero-order chi connectivity index (χ0) is 14.7. The molecule has 0 aliphatic heterocycles. The molecule has 0 aliphatic carbocycles. The summed E-state index contributed by atoms with van der Waals surface area (Å²) in [5.41, 5.74) is 4.35. The minimum atomic E-state index is -0.313. The first-order valence-electron chi connectivity index (χ1n) is 5.87. The van der Waals surface area contributed by atoms with Crippen LogP contribution in [0.15, 0.2) is 40.9 Å². The van der Waals surface area contributed by atoms with Crippen molar-refractivity contribution in [2.24, 2.45) is 5.84 Å². The number of halogens is 4. The van der Waals surface area contributed by atoms with Crippen LogP contribution >= 0.6 is 39.1 Å². The Balaban J connectivity index is 2.34. The van der Waals surface area contributed by atoms with Gasteiger partial charge in [-0.1, -0.05) is 51.3 Å². The Morgan fingerprint density at radius 2 is 1.85 bits per heavy atom. The first-order valence-corrected chi connectivity index (χ1v) is 7.41. The Morgan fingerprint density at radius 3 is 2.40 bits per heavy atom. The maximum atomic E-state index is 13.1. The lowest BCUT2D eigenvalue weighted by Gasteiger charge is -2.19. The van der Waals surface area contributed by atoms with E-state index in [4.69, 9.17) is 29.0 Å². The summed E-state index contributed by atoms with van der Waals surface area (Å²) in [5.74, 6) is 5.30. The summed E-state index contributed by atoms with van der Waals surface area (Å²) in [6.07, 6.45) is 0.499. The number of hydrogen-bond acceptors (Lipinski definition) is 2. The predicted molar refractivity (Wildman–Crippen MR) is 84.3 cm³/mol. The van der Waals surface area contributed by atoms with Gasteiger partial charge in [0.15, 0.2) is 0 Å². The molecule has 0 saturated heterocycles. The first-order chi connectivity index (χ1) is 9.52. The second-order valence-electron chi connectivity index (χ2n) is 4.29. The van der Waals surface area contributed by atoms with E-state index in [0.29, 0.717) is 20.9 Å². The summed E-state index contributed by atoms with van der Waals surface area (Å²) in [5, 5.41) is 1.16. The fraction of sp³-hybridized carbons (Fsp3) is 0.143. The highest BCUT2D eigenvalue weighted by Crippen LogP contribution is 2.31. The molecule has 3 N–H and O–H groups in total. The second kappa shape index (κ2) is 6.87. The van der Waals surface area contributed by atoms with Gasteiger partial charge in [0.05, 0.1) is 6.04 Å². The lowest BCUT2D eigenvalue weighted by atomic mass is 9.99. The Bertz CT molecular complexity index is 602. The van der Waals surface area contributed by atoms with Crippen molar-refractivity contribution >= 4 is 39.1 Å². The third-order valence-electron chi connectivity index (χ3n) is 3.01. The highest BCUT2D eigenvalue weighted by atomic mass is 79.9. The standard InChI is InChI=1S/C14H12BrCl2FN2/c15-11-6-8(18)4-5-9(11)14(20-19)7-10-12(16)2-1-3-13(10)17/h1-6,14,20H,7,19H2. The van der Waals surface area contributed by atoms with Gasteiger partial charge in [-0.3, -0.25) is 11.3 Å². The van der Waals surface area contributed by atoms with E-state index in [1.54, 1.807) is 24.3 Å². The molecule has 1 atom stereocenters. The Kier molecular flexibility index (Phi) is 5.41. The van der Waals surface area contributed by atoms with E-state index in [2.05, 4.69) is 21.4 Å². The van der Waals surface area contributed by atoms with Crippen LogP contribution in [0, 0.1) is 5.82 Å². The summed E-state index contributed by atoms with van der Waals surface area (Å²) < 4.78 is 13.8. The molecular formula is C14H12BrCl2FN2. The Hall–Kier alpha value is -0.650. The SMILES string of the molecule is NNC(Cc1c(Cl)cccc1Cl)c1ccc(F)cc1Br. The smallest absolute Gasteiger partial charge is 0.124 e.